The summed E-state index contributed by atoms with van der Waals surface area (Å²) in [6, 6.07) is 0.682. The van der Waals surface area contributed by atoms with Gasteiger partial charge in [-0.15, -0.1) is 0 Å². The smallest absolute Gasteiger partial charge is 0.00528 e. The van der Waals surface area contributed by atoms with Gasteiger partial charge in [0.25, 0.3) is 0 Å². The maximum absolute atomic E-state index is 3.65. The summed E-state index contributed by atoms with van der Waals surface area (Å²) in [7, 11) is 0. The first-order chi connectivity index (χ1) is 9.13. The summed E-state index contributed by atoms with van der Waals surface area (Å²) in [5.74, 6) is 0. The molecule has 0 radical (unpaired) electrons. The van der Waals surface area contributed by atoms with E-state index in [0.717, 1.165) is 6.54 Å². The second-order valence-corrected chi connectivity index (χ2v) is 6.76. The number of rotatable bonds is 8. The van der Waals surface area contributed by atoms with Crippen LogP contribution < -0.4 is 5.32 Å². The molecule has 19 heavy (non-hydrogen) atoms. The van der Waals surface area contributed by atoms with Gasteiger partial charge in [0.1, 0.15) is 0 Å². The fourth-order valence-electron chi connectivity index (χ4n) is 3.50. The first-order valence-corrected chi connectivity index (χ1v) is 8.58. The fourth-order valence-corrected chi connectivity index (χ4v) is 3.50. The van der Waals surface area contributed by atoms with Gasteiger partial charge in [0, 0.05) is 19.1 Å². The van der Waals surface area contributed by atoms with Crippen molar-refractivity contribution in [2.75, 3.05) is 26.2 Å². The largest absolute Gasteiger partial charge is 0.316 e. The van der Waals surface area contributed by atoms with E-state index in [2.05, 4.69) is 37.9 Å². The summed E-state index contributed by atoms with van der Waals surface area (Å²) < 4.78 is 0. The standard InChI is InChI=1S/C17H36N2/c1-5-13-19(16(3)4)15-17(14-18-6-2)11-9-7-8-10-12-17/h16,18H,5-15H2,1-4H3. The van der Waals surface area contributed by atoms with Crippen LogP contribution in [0.2, 0.25) is 0 Å². The summed E-state index contributed by atoms with van der Waals surface area (Å²) in [5.41, 5.74) is 0.534. The van der Waals surface area contributed by atoms with E-state index in [4.69, 9.17) is 0 Å². The van der Waals surface area contributed by atoms with E-state index >= 15 is 0 Å². The fraction of sp³-hybridized carbons (Fsp3) is 1.00. The van der Waals surface area contributed by atoms with Gasteiger partial charge in [-0.05, 0) is 51.6 Å². The Hall–Kier alpha value is -0.0800. The van der Waals surface area contributed by atoms with Gasteiger partial charge in [0.05, 0.1) is 0 Å². The summed E-state index contributed by atoms with van der Waals surface area (Å²) in [6.45, 7) is 14.1. The zero-order chi connectivity index (χ0) is 14.1. The molecule has 2 heteroatoms. The average Bonchev–Trinajstić information content (AvgIpc) is 2.62. The number of hydrogen-bond acceptors (Lipinski definition) is 2. The number of nitrogens with zero attached hydrogens (tertiary/aromatic N) is 1. The van der Waals surface area contributed by atoms with Crippen molar-refractivity contribution in [2.45, 2.75) is 78.7 Å². The zero-order valence-corrected chi connectivity index (χ0v) is 13.8. The van der Waals surface area contributed by atoms with Crippen LogP contribution in [0.1, 0.15) is 72.6 Å². The van der Waals surface area contributed by atoms with Gasteiger partial charge in [-0.3, -0.25) is 0 Å². The van der Waals surface area contributed by atoms with Crippen molar-refractivity contribution in [3.8, 4) is 0 Å². The van der Waals surface area contributed by atoms with Crippen LogP contribution in [0.4, 0.5) is 0 Å². The maximum atomic E-state index is 3.65. The summed E-state index contributed by atoms with van der Waals surface area (Å²) in [4.78, 5) is 2.71. The molecule has 1 aliphatic rings. The summed E-state index contributed by atoms with van der Waals surface area (Å²) in [5, 5.41) is 3.65. The predicted molar refractivity (Wildman–Crippen MR) is 85.7 cm³/mol. The molecule has 1 fully saturated rings. The van der Waals surface area contributed by atoms with Gasteiger partial charge in [0.15, 0.2) is 0 Å². The molecule has 0 heterocycles. The third kappa shape index (κ3) is 5.83. The average molecular weight is 268 g/mol. The van der Waals surface area contributed by atoms with Gasteiger partial charge in [0.2, 0.25) is 0 Å². The summed E-state index contributed by atoms with van der Waals surface area (Å²) >= 11 is 0. The third-order valence-electron chi connectivity index (χ3n) is 4.69. The van der Waals surface area contributed by atoms with Crippen LogP contribution in [0.25, 0.3) is 0 Å². The Morgan fingerprint density at radius 2 is 1.68 bits per heavy atom. The van der Waals surface area contributed by atoms with Crippen LogP contribution in [-0.2, 0) is 0 Å². The van der Waals surface area contributed by atoms with Crippen LogP contribution >= 0.6 is 0 Å². The SMILES string of the molecule is CCCN(CC1(CNCC)CCCCCC1)C(C)C. The Labute approximate surface area is 121 Å². The predicted octanol–water partition coefficient (Wildman–Crippen LogP) is 4.06. The van der Waals surface area contributed by atoms with Crippen LogP contribution in [0, 0.1) is 5.41 Å². The van der Waals surface area contributed by atoms with Crippen LogP contribution in [0.5, 0.6) is 0 Å². The molecule has 0 atom stereocenters. The molecule has 0 amide bonds. The molecule has 0 spiro atoms. The highest BCUT2D eigenvalue weighted by Crippen LogP contribution is 2.36. The van der Waals surface area contributed by atoms with Gasteiger partial charge in [-0.2, -0.15) is 0 Å². The lowest BCUT2D eigenvalue weighted by molar-refractivity contribution is 0.104. The number of hydrogen-bond donors (Lipinski definition) is 1. The number of nitrogens with one attached hydrogen (secondary N) is 1. The molecule has 0 bridgehead atoms. The molecular formula is C17H36N2. The van der Waals surface area contributed by atoms with Crippen molar-refractivity contribution in [1.29, 1.82) is 0 Å². The van der Waals surface area contributed by atoms with E-state index in [1.165, 1.54) is 64.6 Å². The van der Waals surface area contributed by atoms with Crippen molar-refractivity contribution in [3.63, 3.8) is 0 Å². The van der Waals surface area contributed by atoms with E-state index in [9.17, 15) is 0 Å². The van der Waals surface area contributed by atoms with Gasteiger partial charge in [-0.1, -0.05) is 39.5 Å². The Morgan fingerprint density at radius 3 is 2.16 bits per heavy atom. The second kappa shape index (κ2) is 8.97. The Balaban J connectivity index is 2.69. The minimum absolute atomic E-state index is 0.534. The van der Waals surface area contributed by atoms with Crippen molar-refractivity contribution in [1.82, 2.24) is 10.2 Å². The Morgan fingerprint density at radius 1 is 1.05 bits per heavy atom. The first-order valence-electron chi connectivity index (χ1n) is 8.58. The Kier molecular flexibility index (Phi) is 8.01. The van der Waals surface area contributed by atoms with Crippen molar-refractivity contribution in [3.05, 3.63) is 0 Å². The van der Waals surface area contributed by atoms with Crippen molar-refractivity contribution in [2.24, 2.45) is 5.41 Å². The summed E-state index contributed by atoms with van der Waals surface area (Å²) in [6.07, 6.45) is 9.88. The van der Waals surface area contributed by atoms with E-state index in [0.29, 0.717) is 11.5 Å². The molecule has 114 valence electrons. The lowest BCUT2D eigenvalue weighted by Crippen LogP contribution is -2.46. The van der Waals surface area contributed by atoms with Gasteiger partial charge < -0.3 is 10.2 Å². The van der Waals surface area contributed by atoms with Crippen molar-refractivity contribution < 1.29 is 0 Å². The molecular weight excluding hydrogens is 232 g/mol. The molecule has 0 aromatic heterocycles. The second-order valence-electron chi connectivity index (χ2n) is 6.76. The van der Waals surface area contributed by atoms with Crippen molar-refractivity contribution >= 4 is 0 Å². The monoisotopic (exact) mass is 268 g/mol. The van der Waals surface area contributed by atoms with E-state index < -0.39 is 0 Å². The normalized spacial score (nSPS) is 19.9. The first kappa shape index (κ1) is 17.0. The molecule has 0 saturated heterocycles. The minimum atomic E-state index is 0.534. The lowest BCUT2D eigenvalue weighted by Gasteiger charge is -2.40. The van der Waals surface area contributed by atoms with E-state index in [1.807, 2.05) is 0 Å². The van der Waals surface area contributed by atoms with Crippen LogP contribution in [-0.4, -0.2) is 37.1 Å². The Bertz CT molecular complexity index is 217. The molecule has 0 aliphatic heterocycles. The molecule has 1 N–H and O–H groups in total. The third-order valence-corrected chi connectivity index (χ3v) is 4.69. The molecule has 0 aromatic carbocycles. The molecule has 1 aliphatic carbocycles. The highest BCUT2D eigenvalue weighted by atomic mass is 15.2. The highest BCUT2D eigenvalue weighted by Gasteiger charge is 2.32. The van der Waals surface area contributed by atoms with E-state index in [1.54, 1.807) is 0 Å². The molecule has 2 nitrogen and oxygen atoms in total. The lowest BCUT2D eigenvalue weighted by atomic mass is 9.79. The van der Waals surface area contributed by atoms with Crippen LogP contribution in [0.15, 0.2) is 0 Å². The van der Waals surface area contributed by atoms with Gasteiger partial charge in [-0.25, -0.2) is 0 Å². The molecule has 1 rings (SSSR count). The molecule has 0 aromatic rings. The molecule has 1 saturated carbocycles. The quantitative estimate of drug-likeness (QED) is 0.668. The van der Waals surface area contributed by atoms with E-state index in [-0.39, 0.29) is 0 Å². The van der Waals surface area contributed by atoms with Crippen LogP contribution in [0.3, 0.4) is 0 Å². The molecule has 0 unspecified atom stereocenters. The zero-order valence-electron chi connectivity index (χ0n) is 13.8. The van der Waals surface area contributed by atoms with Gasteiger partial charge >= 0.3 is 0 Å². The minimum Gasteiger partial charge on any atom is -0.316 e. The highest BCUT2D eigenvalue weighted by molar-refractivity contribution is 4.87. The maximum Gasteiger partial charge on any atom is 0.00528 e. The topological polar surface area (TPSA) is 15.3 Å².